The van der Waals surface area contributed by atoms with E-state index in [1.807, 2.05) is 0 Å². The zero-order valence-electron chi connectivity index (χ0n) is 8.93. The van der Waals surface area contributed by atoms with E-state index in [0.717, 1.165) is 0 Å². The van der Waals surface area contributed by atoms with Crippen molar-refractivity contribution in [1.82, 2.24) is 0 Å². The van der Waals surface area contributed by atoms with Crippen molar-refractivity contribution in [3.05, 3.63) is 0 Å². The lowest BCUT2D eigenvalue weighted by Crippen LogP contribution is -2.59. The predicted molar refractivity (Wildman–Crippen MR) is 51.4 cm³/mol. The molecule has 1 aliphatic heterocycles. The average Bonchev–Trinajstić information content (AvgIpc) is 2.25. The van der Waals surface area contributed by atoms with Gasteiger partial charge in [-0.1, -0.05) is 0 Å². The van der Waals surface area contributed by atoms with Crippen molar-refractivity contribution < 1.29 is 35.0 Å². The molecule has 1 aliphatic rings. The fraction of sp³-hybridized carbons (Fsp3) is 1.00. The fourth-order valence-electron chi connectivity index (χ4n) is 1.44. The van der Waals surface area contributed by atoms with E-state index in [4.69, 9.17) is 19.7 Å². The summed E-state index contributed by atoms with van der Waals surface area (Å²) in [5.74, 6) is 0. The topological polar surface area (TPSA) is 120 Å². The molecule has 16 heavy (non-hydrogen) atoms. The van der Waals surface area contributed by atoms with Crippen molar-refractivity contribution in [3.8, 4) is 0 Å². The van der Waals surface area contributed by atoms with E-state index in [1.165, 1.54) is 6.92 Å². The molecule has 0 bridgehead atoms. The van der Waals surface area contributed by atoms with Gasteiger partial charge >= 0.3 is 0 Å². The van der Waals surface area contributed by atoms with E-state index in [-0.39, 0.29) is 6.61 Å². The maximum atomic E-state index is 9.51. The largest absolute Gasteiger partial charge is 0.394 e. The first-order chi connectivity index (χ1) is 7.47. The number of hydrogen-bond donors (Lipinski definition) is 5. The molecule has 0 aromatic carbocycles. The van der Waals surface area contributed by atoms with Gasteiger partial charge in [0, 0.05) is 0 Å². The van der Waals surface area contributed by atoms with E-state index in [2.05, 4.69) is 0 Å². The van der Waals surface area contributed by atoms with Gasteiger partial charge in [-0.15, -0.1) is 0 Å². The Hall–Kier alpha value is -0.280. The van der Waals surface area contributed by atoms with Crippen molar-refractivity contribution >= 4 is 0 Å². The summed E-state index contributed by atoms with van der Waals surface area (Å²) < 4.78 is 10.0. The van der Waals surface area contributed by atoms with Crippen LogP contribution in [0.2, 0.25) is 0 Å². The Balaban J connectivity index is 2.56. The third-order valence-electron chi connectivity index (χ3n) is 2.35. The van der Waals surface area contributed by atoms with Crippen LogP contribution in [0.4, 0.5) is 0 Å². The molecule has 0 saturated carbocycles. The lowest BCUT2D eigenvalue weighted by atomic mass is 9.99. The molecule has 7 nitrogen and oxygen atoms in total. The highest BCUT2D eigenvalue weighted by Gasteiger charge is 2.43. The quantitative estimate of drug-likeness (QED) is 0.358. The van der Waals surface area contributed by atoms with Gasteiger partial charge in [0.25, 0.3) is 0 Å². The van der Waals surface area contributed by atoms with Gasteiger partial charge in [-0.3, -0.25) is 0 Å². The van der Waals surface area contributed by atoms with Crippen molar-refractivity contribution in [1.29, 1.82) is 0 Å². The standard InChI is InChI=1S/C9H18O7/c1-4(11)3-15-9-8(14)7(13)6(12)5(2-10)16-9/h4-14H,2-3H2,1H3/t4?,5?,6-,7?,8?,9+/m1/s1. The molecular weight excluding hydrogens is 220 g/mol. The van der Waals surface area contributed by atoms with Crippen LogP contribution in [0.3, 0.4) is 0 Å². The van der Waals surface area contributed by atoms with Crippen LogP contribution in [0.5, 0.6) is 0 Å². The number of ether oxygens (including phenoxy) is 2. The molecule has 0 spiro atoms. The Bertz CT molecular complexity index is 208. The molecule has 0 aromatic heterocycles. The molecule has 0 amide bonds. The van der Waals surface area contributed by atoms with E-state index in [9.17, 15) is 15.3 Å². The number of aliphatic hydroxyl groups excluding tert-OH is 5. The van der Waals surface area contributed by atoms with E-state index < -0.39 is 43.4 Å². The van der Waals surface area contributed by atoms with E-state index >= 15 is 0 Å². The average molecular weight is 238 g/mol. The third-order valence-corrected chi connectivity index (χ3v) is 2.35. The van der Waals surface area contributed by atoms with Crippen molar-refractivity contribution in [2.75, 3.05) is 13.2 Å². The highest BCUT2D eigenvalue weighted by atomic mass is 16.7. The maximum Gasteiger partial charge on any atom is 0.186 e. The van der Waals surface area contributed by atoms with Crippen molar-refractivity contribution in [2.24, 2.45) is 0 Å². The summed E-state index contributed by atoms with van der Waals surface area (Å²) in [4.78, 5) is 0. The molecule has 6 atom stereocenters. The molecular formula is C9H18O7. The van der Waals surface area contributed by atoms with Crippen LogP contribution in [0.1, 0.15) is 6.92 Å². The normalized spacial score (nSPS) is 42.0. The van der Waals surface area contributed by atoms with Gasteiger partial charge in [-0.2, -0.15) is 0 Å². The van der Waals surface area contributed by atoms with Gasteiger partial charge in [0.15, 0.2) is 6.29 Å². The smallest absolute Gasteiger partial charge is 0.186 e. The van der Waals surface area contributed by atoms with Crippen LogP contribution in [0.15, 0.2) is 0 Å². The molecule has 0 aromatic rings. The number of hydrogen-bond acceptors (Lipinski definition) is 7. The van der Waals surface area contributed by atoms with Crippen molar-refractivity contribution in [3.63, 3.8) is 0 Å². The molecule has 5 N–H and O–H groups in total. The summed E-state index contributed by atoms with van der Waals surface area (Å²) in [6, 6.07) is 0. The molecule has 1 fully saturated rings. The van der Waals surface area contributed by atoms with Gasteiger partial charge in [0.05, 0.1) is 19.3 Å². The lowest BCUT2D eigenvalue weighted by Gasteiger charge is -2.39. The summed E-state index contributed by atoms with van der Waals surface area (Å²) >= 11 is 0. The Morgan fingerprint density at radius 3 is 2.31 bits per heavy atom. The highest BCUT2D eigenvalue weighted by molar-refractivity contribution is 4.88. The van der Waals surface area contributed by atoms with E-state index in [1.54, 1.807) is 0 Å². The molecule has 4 unspecified atom stereocenters. The Morgan fingerprint density at radius 1 is 1.19 bits per heavy atom. The fourth-order valence-corrected chi connectivity index (χ4v) is 1.44. The summed E-state index contributed by atoms with van der Waals surface area (Å²) in [5.41, 5.74) is 0. The van der Waals surface area contributed by atoms with Gasteiger partial charge in [-0.05, 0) is 6.92 Å². The molecule has 96 valence electrons. The SMILES string of the molecule is CC(O)CO[C@H]1OC(CO)[C@@H](O)C(O)C1O. The van der Waals surface area contributed by atoms with Gasteiger partial charge in [0.1, 0.15) is 24.4 Å². The Kier molecular flexibility index (Phi) is 5.06. The van der Waals surface area contributed by atoms with Crippen LogP contribution in [0, 0.1) is 0 Å². The van der Waals surface area contributed by atoms with E-state index in [0.29, 0.717) is 0 Å². The molecule has 7 heteroatoms. The van der Waals surface area contributed by atoms with Crippen molar-refractivity contribution in [2.45, 2.75) is 43.7 Å². The second-order valence-corrected chi connectivity index (χ2v) is 3.88. The number of rotatable bonds is 4. The third kappa shape index (κ3) is 3.11. The maximum absolute atomic E-state index is 9.51. The first kappa shape index (κ1) is 13.8. The van der Waals surface area contributed by atoms with Crippen LogP contribution >= 0.6 is 0 Å². The van der Waals surface area contributed by atoms with Crippen LogP contribution in [0.25, 0.3) is 0 Å². The molecule has 0 radical (unpaired) electrons. The zero-order chi connectivity index (χ0) is 12.3. The van der Waals surface area contributed by atoms with Crippen LogP contribution in [-0.4, -0.2) is 75.6 Å². The molecule has 1 saturated heterocycles. The Morgan fingerprint density at radius 2 is 1.81 bits per heavy atom. The zero-order valence-corrected chi connectivity index (χ0v) is 8.93. The first-order valence-electron chi connectivity index (χ1n) is 5.07. The van der Waals surface area contributed by atoms with Gasteiger partial charge in [0.2, 0.25) is 0 Å². The monoisotopic (exact) mass is 238 g/mol. The second kappa shape index (κ2) is 5.87. The molecule has 1 heterocycles. The second-order valence-electron chi connectivity index (χ2n) is 3.88. The predicted octanol–water partition coefficient (Wildman–Crippen LogP) is -2.82. The summed E-state index contributed by atoms with van der Waals surface area (Å²) in [7, 11) is 0. The van der Waals surface area contributed by atoms with Crippen LogP contribution in [-0.2, 0) is 9.47 Å². The minimum Gasteiger partial charge on any atom is -0.394 e. The van der Waals surface area contributed by atoms with Crippen LogP contribution < -0.4 is 0 Å². The minimum absolute atomic E-state index is 0.0807. The molecule has 1 rings (SSSR count). The number of aliphatic hydroxyl groups is 5. The lowest BCUT2D eigenvalue weighted by molar-refractivity contribution is -0.304. The summed E-state index contributed by atoms with van der Waals surface area (Å²) in [5, 5.41) is 46.2. The first-order valence-corrected chi connectivity index (χ1v) is 5.07. The Labute approximate surface area is 92.9 Å². The minimum atomic E-state index is -1.45. The highest BCUT2D eigenvalue weighted by Crippen LogP contribution is 2.21. The molecule has 0 aliphatic carbocycles. The summed E-state index contributed by atoms with van der Waals surface area (Å²) in [6.07, 6.45) is -7.18. The van der Waals surface area contributed by atoms with Gasteiger partial charge in [-0.25, -0.2) is 0 Å². The summed E-state index contributed by atoms with van der Waals surface area (Å²) in [6.45, 7) is 0.909. The van der Waals surface area contributed by atoms with Gasteiger partial charge < -0.3 is 35.0 Å².